The number of rotatable bonds is 11. The number of amides is 1. The van der Waals surface area contributed by atoms with Crippen molar-refractivity contribution in [2.24, 2.45) is 0 Å². The van der Waals surface area contributed by atoms with Gasteiger partial charge in [0.15, 0.2) is 6.29 Å². The molecule has 1 aliphatic heterocycles. The van der Waals surface area contributed by atoms with Crippen LogP contribution in [0.15, 0.2) is 132 Å². The minimum atomic E-state index is -0.958. The Kier molecular flexibility index (Phi) is 10.4. The van der Waals surface area contributed by atoms with Gasteiger partial charge >= 0.3 is 5.97 Å². The molecule has 1 aliphatic rings. The summed E-state index contributed by atoms with van der Waals surface area (Å²) < 4.78 is 13.1. The van der Waals surface area contributed by atoms with Crippen LogP contribution in [-0.2, 0) is 22.6 Å². The monoisotopic (exact) mass is 645 g/mol. The number of hydrogen-bond acceptors (Lipinski definition) is 6. The van der Waals surface area contributed by atoms with E-state index in [1.165, 1.54) is 11.8 Å². The van der Waals surface area contributed by atoms with Crippen LogP contribution in [0.25, 0.3) is 11.1 Å². The zero-order chi connectivity index (χ0) is 32.6. The van der Waals surface area contributed by atoms with E-state index in [2.05, 4.69) is 17.4 Å². The van der Waals surface area contributed by atoms with Gasteiger partial charge in [-0.15, -0.1) is 11.8 Å². The zero-order valence-corrected chi connectivity index (χ0v) is 26.4. The number of carbonyl (C=O) groups is 2. The lowest BCUT2D eigenvalue weighted by atomic mass is 9.99. The largest absolute Gasteiger partial charge is 0.478 e. The van der Waals surface area contributed by atoms with Crippen LogP contribution < -0.4 is 5.32 Å². The third kappa shape index (κ3) is 8.17. The topological polar surface area (TPSA) is 105 Å². The molecule has 7 nitrogen and oxygen atoms in total. The number of aliphatic hydroxyl groups is 1. The number of carboxylic acid groups (broad SMARTS) is 1. The SMILES string of the molecule is O=C(NCc1cccc(-c2cccc([C@@H]3O[C@H](CSc4ccccc4C(=O)O)C[C@H](c4ccc(CO)cc4)O3)c2)c1)c1ccccc1. The predicted molar refractivity (Wildman–Crippen MR) is 182 cm³/mol. The summed E-state index contributed by atoms with van der Waals surface area (Å²) in [5.74, 6) is -0.532. The molecule has 5 aromatic rings. The number of ether oxygens (including phenoxy) is 2. The number of aromatic carboxylic acids is 1. The molecule has 6 rings (SSSR count). The van der Waals surface area contributed by atoms with Crippen molar-refractivity contribution in [2.75, 3.05) is 5.75 Å². The van der Waals surface area contributed by atoms with E-state index in [9.17, 15) is 19.8 Å². The molecule has 238 valence electrons. The first kappa shape index (κ1) is 32.2. The van der Waals surface area contributed by atoms with Gasteiger partial charge in [-0.1, -0.05) is 91.0 Å². The van der Waals surface area contributed by atoms with E-state index >= 15 is 0 Å². The van der Waals surface area contributed by atoms with Crippen LogP contribution in [0.2, 0.25) is 0 Å². The van der Waals surface area contributed by atoms with Gasteiger partial charge in [0.1, 0.15) is 0 Å². The van der Waals surface area contributed by atoms with Crippen LogP contribution >= 0.6 is 11.8 Å². The fourth-order valence-corrected chi connectivity index (χ4v) is 6.64. The minimum absolute atomic E-state index is 0.0345. The zero-order valence-electron chi connectivity index (χ0n) is 25.6. The average Bonchev–Trinajstić information content (AvgIpc) is 3.13. The molecule has 0 spiro atoms. The Morgan fingerprint density at radius 1 is 0.745 bits per heavy atom. The molecule has 47 heavy (non-hydrogen) atoms. The molecule has 0 aliphatic carbocycles. The highest BCUT2D eigenvalue weighted by atomic mass is 32.2. The number of carboxylic acids is 1. The van der Waals surface area contributed by atoms with Gasteiger partial charge in [0, 0.05) is 34.7 Å². The fraction of sp³-hybridized carbons (Fsp3) is 0.179. The molecular formula is C39H35NO6S. The van der Waals surface area contributed by atoms with Crippen molar-refractivity contribution < 1.29 is 29.3 Å². The Morgan fingerprint density at radius 3 is 2.23 bits per heavy atom. The Hall–Kier alpha value is -4.73. The third-order valence-electron chi connectivity index (χ3n) is 8.07. The van der Waals surface area contributed by atoms with Gasteiger partial charge in [0.05, 0.1) is 24.4 Å². The van der Waals surface area contributed by atoms with Gasteiger partial charge in [-0.05, 0) is 64.2 Å². The van der Waals surface area contributed by atoms with E-state index in [0.29, 0.717) is 29.2 Å². The summed E-state index contributed by atoms with van der Waals surface area (Å²) in [6, 6.07) is 40.0. The highest BCUT2D eigenvalue weighted by Crippen LogP contribution is 2.40. The van der Waals surface area contributed by atoms with Gasteiger partial charge in [-0.2, -0.15) is 0 Å². The normalized spacial score (nSPS) is 17.6. The number of hydrogen-bond donors (Lipinski definition) is 3. The minimum Gasteiger partial charge on any atom is -0.478 e. The Balaban J connectivity index is 1.21. The Bertz CT molecular complexity index is 1830. The first-order valence-electron chi connectivity index (χ1n) is 15.4. The third-order valence-corrected chi connectivity index (χ3v) is 9.27. The maximum atomic E-state index is 12.6. The first-order valence-corrected chi connectivity index (χ1v) is 16.4. The molecule has 3 atom stereocenters. The van der Waals surface area contributed by atoms with Crippen molar-refractivity contribution >= 4 is 23.6 Å². The van der Waals surface area contributed by atoms with E-state index in [1.807, 2.05) is 91.0 Å². The number of aliphatic hydroxyl groups excluding tert-OH is 1. The van der Waals surface area contributed by atoms with E-state index in [0.717, 1.165) is 33.4 Å². The Labute approximate surface area is 278 Å². The summed E-state index contributed by atoms with van der Waals surface area (Å²) >= 11 is 1.46. The van der Waals surface area contributed by atoms with Crippen molar-refractivity contribution in [3.8, 4) is 11.1 Å². The number of nitrogens with one attached hydrogen (secondary N) is 1. The molecular weight excluding hydrogens is 610 g/mol. The van der Waals surface area contributed by atoms with E-state index in [1.54, 1.807) is 24.3 Å². The van der Waals surface area contributed by atoms with Crippen molar-refractivity contribution in [2.45, 2.75) is 43.0 Å². The van der Waals surface area contributed by atoms with Crippen molar-refractivity contribution in [1.29, 1.82) is 0 Å². The second kappa shape index (κ2) is 15.2. The molecule has 0 saturated carbocycles. The van der Waals surface area contributed by atoms with Gasteiger partial charge in [0.2, 0.25) is 0 Å². The van der Waals surface area contributed by atoms with Crippen LogP contribution in [0, 0.1) is 0 Å². The van der Waals surface area contributed by atoms with Crippen LogP contribution in [-0.4, -0.2) is 33.9 Å². The molecule has 0 unspecified atom stereocenters. The first-order chi connectivity index (χ1) is 23.0. The van der Waals surface area contributed by atoms with E-state index in [4.69, 9.17) is 9.47 Å². The highest BCUT2D eigenvalue weighted by Gasteiger charge is 2.32. The molecule has 0 aromatic heterocycles. The molecule has 3 N–H and O–H groups in total. The maximum Gasteiger partial charge on any atom is 0.336 e. The lowest BCUT2D eigenvalue weighted by Gasteiger charge is -2.36. The lowest BCUT2D eigenvalue weighted by Crippen LogP contribution is -2.31. The molecule has 1 heterocycles. The molecule has 0 radical (unpaired) electrons. The second-order valence-electron chi connectivity index (χ2n) is 11.3. The van der Waals surface area contributed by atoms with Crippen molar-refractivity contribution in [3.05, 3.63) is 161 Å². The number of benzene rings is 5. The van der Waals surface area contributed by atoms with Gasteiger partial charge in [-0.3, -0.25) is 4.79 Å². The molecule has 0 bridgehead atoms. The van der Waals surface area contributed by atoms with E-state index in [-0.39, 0.29) is 30.3 Å². The van der Waals surface area contributed by atoms with Crippen LogP contribution in [0.3, 0.4) is 0 Å². The summed E-state index contributed by atoms with van der Waals surface area (Å²) in [7, 11) is 0. The van der Waals surface area contributed by atoms with Crippen LogP contribution in [0.5, 0.6) is 0 Å². The molecule has 8 heteroatoms. The van der Waals surface area contributed by atoms with Gasteiger partial charge in [-0.25, -0.2) is 4.79 Å². The summed E-state index contributed by atoms with van der Waals surface area (Å²) in [5, 5.41) is 22.2. The second-order valence-corrected chi connectivity index (χ2v) is 12.4. The smallest absolute Gasteiger partial charge is 0.336 e. The maximum absolute atomic E-state index is 12.6. The quantitative estimate of drug-likeness (QED) is 0.126. The van der Waals surface area contributed by atoms with Crippen molar-refractivity contribution in [3.63, 3.8) is 0 Å². The molecule has 1 amide bonds. The highest BCUT2D eigenvalue weighted by molar-refractivity contribution is 7.99. The van der Waals surface area contributed by atoms with Gasteiger partial charge < -0.3 is 25.0 Å². The van der Waals surface area contributed by atoms with E-state index < -0.39 is 12.3 Å². The standard InChI is InChI=1S/C39H35NO6S/c41-24-26-16-18-28(19-17-26)35-22-33(25-47-36-15-5-4-14-34(36)38(43)44)45-39(46-35)32-13-7-12-31(21-32)30-11-6-8-27(20-30)23-40-37(42)29-9-2-1-3-10-29/h1-21,33,35,39,41H,22-25H2,(H,40,42)(H,43,44)/t33-,35+,39+/m0/s1. The Morgan fingerprint density at radius 2 is 1.47 bits per heavy atom. The van der Waals surface area contributed by atoms with Crippen LogP contribution in [0.4, 0.5) is 0 Å². The lowest BCUT2D eigenvalue weighted by molar-refractivity contribution is -0.245. The predicted octanol–water partition coefficient (Wildman–Crippen LogP) is 7.81. The fourth-order valence-electron chi connectivity index (χ4n) is 5.57. The summed E-state index contributed by atoms with van der Waals surface area (Å²) in [4.78, 5) is 25.1. The summed E-state index contributed by atoms with van der Waals surface area (Å²) in [5.41, 5.74) is 6.53. The number of thioether (sulfide) groups is 1. The van der Waals surface area contributed by atoms with Gasteiger partial charge in [0.25, 0.3) is 5.91 Å². The molecule has 1 saturated heterocycles. The molecule has 5 aromatic carbocycles. The molecule has 1 fully saturated rings. The average molecular weight is 646 g/mol. The number of carbonyl (C=O) groups excluding carboxylic acids is 1. The van der Waals surface area contributed by atoms with Crippen molar-refractivity contribution in [1.82, 2.24) is 5.32 Å². The summed E-state index contributed by atoms with van der Waals surface area (Å²) in [6.07, 6.45) is -0.543. The van der Waals surface area contributed by atoms with Crippen LogP contribution in [0.1, 0.15) is 61.8 Å². The summed E-state index contributed by atoms with van der Waals surface area (Å²) in [6.45, 7) is 0.365.